The van der Waals surface area contributed by atoms with Crippen molar-refractivity contribution in [3.05, 3.63) is 60.7 Å². The van der Waals surface area contributed by atoms with Crippen LogP contribution in [0.5, 0.6) is 0 Å². The Morgan fingerprint density at radius 1 is 1.00 bits per heavy atom. The van der Waals surface area contributed by atoms with Crippen molar-refractivity contribution in [3.8, 4) is 0 Å². The molecule has 0 spiro atoms. The molecule has 0 aliphatic rings. The molecule has 4 nitrogen and oxygen atoms in total. The molecule has 1 unspecified atom stereocenters. The van der Waals surface area contributed by atoms with E-state index < -0.39 is 0 Å². The molecule has 1 atom stereocenters. The number of esters is 1. The maximum Gasteiger partial charge on any atom is 0.309 e. The van der Waals surface area contributed by atoms with Gasteiger partial charge in [-0.1, -0.05) is 55.1 Å². The number of benzene rings is 2. The molecule has 1 amide bonds. The zero-order valence-corrected chi connectivity index (χ0v) is 14.7. The average Bonchev–Trinajstić information content (AvgIpc) is 2.62. The summed E-state index contributed by atoms with van der Waals surface area (Å²) in [4.78, 5) is 26.1. The molecule has 0 aliphatic heterocycles. The fourth-order valence-electron chi connectivity index (χ4n) is 2.13. The summed E-state index contributed by atoms with van der Waals surface area (Å²) in [5.74, 6) is -0.218. The Morgan fingerprint density at radius 3 is 1.96 bits per heavy atom. The second-order valence-electron chi connectivity index (χ2n) is 5.24. The molecule has 0 saturated carbocycles. The summed E-state index contributed by atoms with van der Waals surface area (Å²) in [5.41, 5.74) is 1.59. The molecule has 0 saturated heterocycles. The number of anilines is 2. The monoisotopic (exact) mass is 343 g/mol. The van der Waals surface area contributed by atoms with Crippen molar-refractivity contribution in [2.24, 2.45) is 5.92 Å². The van der Waals surface area contributed by atoms with Crippen LogP contribution in [0.4, 0.5) is 16.2 Å². The van der Waals surface area contributed by atoms with Crippen LogP contribution in [0.3, 0.4) is 0 Å². The van der Waals surface area contributed by atoms with Crippen LogP contribution in [-0.2, 0) is 9.53 Å². The molecule has 0 N–H and O–H groups in total. The van der Waals surface area contributed by atoms with E-state index in [0.717, 1.165) is 23.1 Å². The maximum atomic E-state index is 12.8. The van der Waals surface area contributed by atoms with Crippen molar-refractivity contribution in [2.45, 2.75) is 13.8 Å². The van der Waals surface area contributed by atoms with E-state index in [9.17, 15) is 9.59 Å². The predicted molar refractivity (Wildman–Crippen MR) is 98.7 cm³/mol. The number of carbonyl (C=O) groups excluding carboxylic acids is 2. The van der Waals surface area contributed by atoms with Crippen molar-refractivity contribution in [3.63, 3.8) is 0 Å². The molecule has 126 valence electrons. The van der Waals surface area contributed by atoms with Gasteiger partial charge in [0.1, 0.15) is 0 Å². The summed E-state index contributed by atoms with van der Waals surface area (Å²) < 4.78 is 4.99. The molecule has 0 aliphatic carbocycles. The fraction of sp³-hybridized carbons (Fsp3) is 0.263. The highest BCUT2D eigenvalue weighted by Gasteiger charge is 2.21. The van der Waals surface area contributed by atoms with Gasteiger partial charge in [0, 0.05) is 17.1 Å². The first-order chi connectivity index (χ1) is 11.6. The van der Waals surface area contributed by atoms with E-state index in [2.05, 4.69) is 0 Å². The molecule has 2 aromatic carbocycles. The first-order valence-corrected chi connectivity index (χ1v) is 8.85. The van der Waals surface area contributed by atoms with Crippen molar-refractivity contribution >= 4 is 34.3 Å². The molecule has 0 radical (unpaired) electrons. The Kier molecular flexibility index (Phi) is 6.88. The highest BCUT2D eigenvalue weighted by Crippen LogP contribution is 2.29. The van der Waals surface area contributed by atoms with E-state index in [1.807, 2.05) is 60.7 Å². The number of rotatable bonds is 6. The second kappa shape index (κ2) is 9.13. The normalized spacial score (nSPS) is 11.6. The number of ether oxygens (including phenoxy) is 1. The first-order valence-electron chi connectivity index (χ1n) is 7.87. The highest BCUT2D eigenvalue weighted by atomic mass is 32.2. The van der Waals surface area contributed by atoms with Gasteiger partial charge in [0.25, 0.3) is 5.24 Å². The highest BCUT2D eigenvalue weighted by molar-refractivity contribution is 8.13. The van der Waals surface area contributed by atoms with Crippen LogP contribution in [-0.4, -0.2) is 23.6 Å². The van der Waals surface area contributed by atoms with E-state index in [4.69, 9.17) is 4.74 Å². The molecule has 0 bridgehead atoms. The lowest BCUT2D eigenvalue weighted by Gasteiger charge is -2.23. The summed E-state index contributed by atoms with van der Waals surface area (Å²) in [6.45, 7) is 3.89. The van der Waals surface area contributed by atoms with Gasteiger partial charge in [-0.25, -0.2) is 0 Å². The third-order valence-electron chi connectivity index (χ3n) is 3.36. The van der Waals surface area contributed by atoms with Crippen LogP contribution in [0, 0.1) is 5.92 Å². The zero-order valence-electron chi connectivity index (χ0n) is 13.8. The molecular formula is C19H21NO3S. The summed E-state index contributed by atoms with van der Waals surface area (Å²) in [6, 6.07) is 18.9. The van der Waals surface area contributed by atoms with Gasteiger partial charge in [0.15, 0.2) is 0 Å². The molecule has 0 heterocycles. The minimum atomic E-state index is -0.327. The van der Waals surface area contributed by atoms with E-state index in [0.29, 0.717) is 12.4 Å². The summed E-state index contributed by atoms with van der Waals surface area (Å²) >= 11 is 1.12. The van der Waals surface area contributed by atoms with Crippen molar-refractivity contribution in [1.82, 2.24) is 0 Å². The third-order valence-corrected chi connectivity index (χ3v) is 4.45. The van der Waals surface area contributed by atoms with Crippen LogP contribution in [0.15, 0.2) is 60.7 Å². The fourth-order valence-corrected chi connectivity index (χ4v) is 3.00. The lowest BCUT2D eigenvalue weighted by atomic mass is 10.2. The Hall–Kier alpha value is -2.27. The van der Waals surface area contributed by atoms with Crippen molar-refractivity contribution in [1.29, 1.82) is 0 Å². The minimum Gasteiger partial charge on any atom is -0.466 e. The topological polar surface area (TPSA) is 46.6 Å². The molecule has 2 rings (SSSR count). The molecular weight excluding hydrogens is 322 g/mol. The van der Waals surface area contributed by atoms with Crippen LogP contribution in [0.25, 0.3) is 0 Å². The van der Waals surface area contributed by atoms with Crippen LogP contribution >= 0.6 is 11.8 Å². The van der Waals surface area contributed by atoms with E-state index in [-0.39, 0.29) is 17.1 Å². The smallest absolute Gasteiger partial charge is 0.309 e. The second-order valence-corrected chi connectivity index (χ2v) is 6.21. The van der Waals surface area contributed by atoms with E-state index >= 15 is 0 Å². The lowest BCUT2D eigenvalue weighted by molar-refractivity contribution is -0.146. The van der Waals surface area contributed by atoms with Gasteiger partial charge in [0.2, 0.25) is 0 Å². The zero-order chi connectivity index (χ0) is 17.4. The van der Waals surface area contributed by atoms with Gasteiger partial charge in [-0.2, -0.15) is 0 Å². The Labute approximate surface area is 146 Å². The number of amides is 1. The first kappa shape index (κ1) is 18.1. The lowest BCUT2D eigenvalue weighted by Crippen LogP contribution is -2.24. The SMILES string of the molecule is CCOC(=O)C(C)CSC(=O)N(c1ccccc1)c1ccccc1. The van der Waals surface area contributed by atoms with Gasteiger partial charge in [0.05, 0.1) is 12.5 Å². The van der Waals surface area contributed by atoms with Gasteiger partial charge in [-0.15, -0.1) is 0 Å². The molecule has 0 aromatic heterocycles. The average molecular weight is 343 g/mol. The van der Waals surface area contributed by atoms with Crippen LogP contribution in [0.1, 0.15) is 13.8 Å². The Bertz CT molecular complexity index is 621. The Balaban J connectivity index is 2.13. The molecule has 24 heavy (non-hydrogen) atoms. The van der Waals surface area contributed by atoms with Crippen LogP contribution in [0.2, 0.25) is 0 Å². The number of hydrogen-bond acceptors (Lipinski definition) is 4. The van der Waals surface area contributed by atoms with Crippen molar-refractivity contribution < 1.29 is 14.3 Å². The molecule has 2 aromatic rings. The van der Waals surface area contributed by atoms with Gasteiger partial charge < -0.3 is 4.74 Å². The third kappa shape index (κ3) is 4.86. The van der Waals surface area contributed by atoms with Gasteiger partial charge in [-0.05, 0) is 31.2 Å². The van der Waals surface area contributed by atoms with Gasteiger partial charge >= 0.3 is 5.97 Å². The largest absolute Gasteiger partial charge is 0.466 e. The van der Waals surface area contributed by atoms with E-state index in [1.54, 1.807) is 18.7 Å². The molecule has 5 heteroatoms. The quantitative estimate of drug-likeness (QED) is 0.702. The summed E-state index contributed by atoms with van der Waals surface area (Å²) in [7, 11) is 0. The standard InChI is InChI=1S/C19H21NO3S/c1-3-23-18(21)15(2)14-24-19(22)20(16-10-6-4-7-11-16)17-12-8-5-9-13-17/h4-13,15H,3,14H2,1-2H3. The number of carbonyl (C=O) groups is 2. The predicted octanol–water partition coefficient (Wildman–Crippen LogP) is 4.88. The maximum absolute atomic E-state index is 12.8. The van der Waals surface area contributed by atoms with Crippen molar-refractivity contribution in [2.75, 3.05) is 17.3 Å². The van der Waals surface area contributed by atoms with Crippen LogP contribution < -0.4 is 4.90 Å². The summed E-state index contributed by atoms with van der Waals surface area (Å²) in [6.07, 6.45) is 0. The number of nitrogens with zero attached hydrogens (tertiary/aromatic N) is 1. The van der Waals surface area contributed by atoms with Gasteiger partial charge in [-0.3, -0.25) is 14.5 Å². The number of thioether (sulfide) groups is 1. The Morgan fingerprint density at radius 2 is 1.50 bits per heavy atom. The molecule has 0 fully saturated rings. The summed E-state index contributed by atoms with van der Waals surface area (Å²) in [5, 5.41) is -0.122. The number of hydrogen-bond donors (Lipinski definition) is 0. The minimum absolute atomic E-state index is 0.122. The van der Waals surface area contributed by atoms with E-state index in [1.165, 1.54) is 0 Å². The number of para-hydroxylation sites is 2.